The molecule has 0 spiro atoms. The lowest BCUT2D eigenvalue weighted by molar-refractivity contribution is 0.0796. The summed E-state index contributed by atoms with van der Waals surface area (Å²) in [6, 6.07) is 5.88. The summed E-state index contributed by atoms with van der Waals surface area (Å²) in [7, 11) is 0. The second-order valence-corrected chi connectivity index (χ2v) is 3.31. The minimum Gasteiger partial charge on any atom is -0.487 e. The molecule has 0 aromatic heterocycles. The highest BCUT2D eigenvalue weighted by molar-refractivity contribution is 5.41. The van der Waals surface area contributed by atoms with Crippen molar-refractivity contribution in [1.82, 2.24) is 0 Å². The van der Waals surface area contributed by atoms with Crippen molar-refractivity contribution >= 4 is 0 Å². The van der Waals surface area contributed by atoms with Gasteiger partial charge in [-0.15, -0.1) is 0 Å². The lowest BCUT2D eigenvalue weighted by Crippen LogP contribution is -2.12. The van der Waals surface area contributed by atoms with Crippen LogP contribution in [0.15, 0.2) is 18.2 Å². The van der Waals surface area contributed by atoms with E-state index in [0.29, 0.717) is 0 Å². The van der Waals surface area contributed by atoms with E-state index < -0.39 is 6.10 Å². The summed E-state index contributed by atoms with van der Waals surface area (Å²) >= 11 is 0. The zero-order chi connectivity index (χ0) is 8.72. The van der Waals surface area contributed by atoms with Crippen LogP contribution in [0.4, 0.5) is 0 Å². The minimum absolute atomic E-state index is 0.109. The van der Waals surface area contributed by atoms with Gasteiger partial charge in [-0.05, 0) is 26.0 Å². The molecule has 2 heteroatoms. The lowest BCUT2D eigenvalue weighted by Gasteiger charge is -2.06. The molecule has 0 fully saturated rings. The molecule has 1 aromatic rings. The van der Waals surface area contributed by atoms with E-state index in [2.05, 4.69) is 0 Å². The number of aliphatic hydroxyl groups is 1. The highest BCUT2D eigenvalue weighted by atomic mass is 16.5. The first-order valence-electron chi connectivity index (χ1n) is 4.14. The summed E-state index contributed by atoms with van der Waals surface area (Å²) in [5.74, 6) is 0.820. The van der Waals surface area contributed by atoms with Gasteiger partial charge in [-0.3, -0.25) is 0 Å². The molecular formula is C10H12O2. The minimum atomic E-state index is -0.458. The van der Waals surface area contributed by atoms with Crippen molar-refractivity contribution in [3.63, 3.8) is 0 Å². The molecule has 0 amide bonds. The van der Waals surface area contributed by atoms with E-state index in [4.69, 9.17) is 4.74 Å². The van der Waals surface area contributed by atoms with Crippen LogP contribution in [-0.2, 0) is 0 Å². The van der Waals surface area contributed by atoms with E-state index in [-0.39, 0.29) is 6.10 Å². The van der Waals surface area contributed by atoms with E-state index >= 15 is 0 Å². The molecule has 0 saturated carbocycles. The SMILES string of the molecule is Cc1ccc2c(c1)C(O)C(C)O2. The Hall–Kier alpha value is -1.02. The first-order chi connectivity index (χ1) is 5.68. The Morgan fingerprint density at radius 1 is 1.42 bits per heavy atom. The zero-order valence-corrected chi connectivity index (χ0v) is 7.24. The van der Waals surface area contributed by atoms with E-state index in [9.17, 15) is 5.11 Å². The number of benzene rings is 1. The standard InChI is InChI=1S/C10H12O2/c1-6-3-4-9-8(5-6)10(11)7(2)12-9/h3-5,7,10-11H,1-2H3. The second kappa shape index (κ2) is 2.49. The van der Waals surface area contributed by atoms with Gasteiger partial charge in [0, 0.05) is 5.56 Å². The molecule has 1 aromatic carbocycles. The predicted molar refractivity (Wildman–Crippen MR) is 46.2 cm³/mol. The third-order valence-corrected chi connectivity index (χ3v) is 2.24. The van der Waals surface area contributed by atoms with Crippen molar-refractivity contribution in [2.75, 3.05) is 0 Å². The van der Waals surface area contributed by atoms with Crippen LogP contribution in [0.2, 0.25) is 0 Å². The molecule has 2 rings (SSSR count). The Morgan fingerprint density at radius 2 is 2.17 bits per heavy atom. The molecule has 0 bridgehead atoms. The molecule has 12 heavy (non-hydrogen) atoms. The van der Waals surface area contributed by atoms with E-state index in [0.717, 1.165) is 16.9 Å². The molecule has 0 aliphatic carbocycles. The van der Waals surface area contributed by atoms with Crippen LogP contribution in [0, 0.1) is 6.92 Å². The molecule has 64 valence electrons. The van der Waals surface area contributed by atoms with Gasteiger partial charge < -0.3 is 9.84 Å². The Kier molecular flexibility index (Phi) is 1.58. The van der Waals surface area contributed by atoms with Gasteiger partial charge in [0.05, 0.1) is 0 Å². The van der Waals surface area contributed by atoms with Crippen molar-refractivity contribution < 1.29 is 9.84 Å². The summed E-state index contributed by atoms with van der Waals surface area (Å²) in [6.45, 7) is 3.88. The molecule has 2 nitrogen and oxygen atoms in total. The van der Waals surface area contributed by atoms with Crippen molar-refractivity contribution in [3.8, 4) is 5.75 Å². The highest BCUT2D eigenvalue weighted by Crippen LogP contribution is 2.36. The van der Waals surface area contributed by atoms with Gasteiger partial charge in [0.2, 0.25) is 0 Å². The van der Waals surface area contributed by atoms with Crippen LogP contribution >= 0.6 is 0 Å². The van der Waals surface area contributed by atoms with E-state index in [1.54, 1.807) is 0 Å². The summed E-state index contributed by atoms with van der Waals surface area (Å²) in [6.07, 6.45) is -0.568. The molecule has 1 aliphatic rings. The molecule has 1 aliphatic heterocycles. The number of rotatable bonds is 0. The average molecular weight is 164 g/mol. The predicted octanol–water partition coefficient (Wildman–Crippen LogP) is 1.81. The van der Waals surface area contributed by atoms with Crippen molar-refractivity contribution in [3.05, 3.63) is 29.3 Å². The number of hydrogen-bond donors (Lipinski definition) is 1. The largest absolute Gasteiger partial charge is 0.487 e. The van der Waals surface area contributed by atoms with Crippen LogP contribution in [0.1, 0.15) is 24.2 Å². The van der Waals surface area contributed by atoms with E-state index in [1.165, 1.54) is 0 Å². The van der Waals surface area contributed by atoms with Crippen LogP contribution in [0.3, 0.4) is 0 Å². The molecule has 2 unspecified atom stereocenters. The van der Waals surface area contributed by atoms with Gasteiger partial charge in [0.1, 0.15) is 18.0 Å². The first-order valence-corrected chi connectivity index (χ1v) is 4.14. The van der Waals surface area contributed by atoms with Crippen LogP contribution in [0.25, 0.3) is 0 Å². The summed E-state index contributed by atoms with van der Waals surface area (Å²) in [4.78, 5) is 0. The molecule has 0 saturated heterocycles. The third kappa shape index (κ3) is 0.994. The van der Waals surface area contributed by atoms with Crippen LogP contribution in [0.5, 0.6) is 5.75 Å². The van der Waals surface area contributed by atoms with Gasteiger partial charge in [-0.2, -0.15) is 0 Å². The Morgan fingerprint density at radius 3 is 2.92 bits per heavy atom. The Bertz CT molecular complexity index is 307. The van der Waals surface area contributed by atoms with Gasteiger partial charge in [0.25, 0.3) is 0 Å². The number of aliphatic hydroxyl groups excluding tert-OH is 1. The van der Waals surface area contributed by atoms with Gasteiger partial charge >= 0.3 is 0 Å². The van der Waals surface area contributed by atoms with Crippen molar-refractivity contribution in [2.45, 2.75) is 26.1 Å². The molecule has 1 N–H and O–H groups in total. The summed E-state index contributed by atoms with van der Waals surface area (Å²) in [5, 5.41) is 9.65. The van der Waals surface area contributed by atoms with Gasteiger partial charge in [-0.1, -0.05) is 11.6 Å². The van der Waals surface area contributed by atoms with Gasteiger partial charge in [-0.25, -0.2) is 0 Å². The van der Waals surface area contributed by atoms with E-state index in [1.807, 2.05) is 32.0 Å². The van der Waals surface area contributed by atoms with Crippen molar-refractivity contribution in [1.29, 1.82) is 0 Å². The third-order valence-electron chi connectivity index (χ3n) is 2.24. The quantitative estimate of drug-likeness (QED) is 0.633. The smallest absolute Gasteiger partial charge is 0.126 e. The van der Waals surface area contributed by atoms with Crippen molar-refractivity contribution in [2.24, 2.45) is 0 Å². The maximum Gasteiger partial charge on any atom is 0.126 e. The number of fused-ring (bicyclic) bond motifs is 1. The molecule has 2 atom stereocenters. The Balaban J connectivity index is 2.48. The monoisotopic (exact) mass is 164 g/mol. The normalized spacial score (nSPS) is 26.6. The Labute approximate surface area is 71.8 Å². The number of aryl methyl sites for hydroxylation is 1. The fraction of sp³-hybridized carbons (Fsp3) is 0.400. The maximum atomic E-state index is 9.65. The second-order valence-electron chi connectivity index (χ2n) is 3.31. The molecular weight excluding hydrogens is 152 g/mol. The topological polar surface area (TPSA) is 29.5 Å². The highest BCUT2D eigenvalue weighted by Gasteiger charge is 2.28. The zero-order valence-electron chi connectivity index (χ0n) is 7.24. The number of ether oxygens (including phenoxy) is 1. The number of hydrogen-bond acceptors (Lipinski definition) is 2. The van der Waals surface area contributed by atoms with Gasteiger partial charge in [0.15, 0.2) is 0 Å². The average Bonchev–Trinajstić information content (AvgIpc) is 2.31. The fourth-order valence-corrected chi connectivity index (χ4v) is 1.52. The molecule has 1 heterocycles. The first kappa shape index (κ1) is 7.62. The maximum absolute atomic E-state index is 9.65. The summed E-state index contributed by atoms with van der Waals surface area (Å²) < 4.78 is 5.42. The molecule has 0 radical (unpaired) electrons. The summed E-state index contributed by atoms with van der Waals surface area (Å²) in [5.41, 5.74) is 2.08. The lowest BCUT2D eigenvalue weighted by atomic mass is 10.1. The fourth-order valence-electron chi connectivity index (χ4n) is 1.52. The van der Waals surface area contributed by atoms with Crippen LogP contribution in [-0.4, -0.2) is 11.2 Å². The van der Waals surface area contributed by atoms with Crippen LogP contribution < -0.4 is 4.74 Å².